The van der Waals surface area contributed by atoms with Crippen molar-refractivity contribution in [1.29, 1.82) is 0 Å². The van der Waals surface area contributed by atoms with Crippen molar-refractivity contribution in [1.82, 2.24) is 0 Å². The van der Waals surface area contributed by atoms with Gasteiger partial charge >= 0.3 is 5.97 Å². The molecule has 4 atom stereocenters. The first-order valence-electron chi connectivity index (χ1n) is 10.5. The number of hydrogen-bond donors (Lipinski definition) is 2. The minimum absolute atomic E-state index is 0.318. The quantitative estimate of drug-likeness (QED) is 0.538. The number of allylic oxidation sites excluding steroid dienone is 2. The highest BCUT2D eigenvalue weighted by Gasteiger charge is 2.46. The smallest absolute Gasteiger partial charge is 0.308 e. The molecule has 1 amide bonds. The summed E-state index contributed by atoms with van der Waals surface area (Å²) >= 11 is 0. The number of carboxylic acids is 1. The molecule has 0 fully saturated rings. The van der Waals surface area contributed by atoms with Gasteiger partial charge in [0.2, 0.25) is 5.91 Å². The number of benzene rings is 3. The van der Waals surface area contributed by atoms with Gasteiger partial charge in [-0.3, -0.25) is 9.59 Å². The Bertz CT molecular complexity index is 1090. The van der Waals surface area contributed by atoms with Gasteiger partial charge in [0.15, 0.2) is 0 Å². The average molecular weight is 428 g/mol. The van der Waals surface area contributed by atoms with Crippen molar-refractivity contribution < 1.29 is 19.4 Å². The maximum absolute atomic E-state index is 13.6. The van der Waals surface area contributed by atoms with Crippen molar-refractivity contribution in [2.75, 3.05) is 12.4 Å². The number of ether oxygens (including phenoxy) is 1. The van der Waals surface area contributed by atoms with Crippen LogP contribution in [0.15, 0.2) is 97.1 Å². The van der Waals surface area contributed by atoms with Crippen LogP contribution in [0.2, 0.25) is 0 Å². The number of hydrogen-bond acceptors (Lipinski definition) is 3. The fraction of sp³-hybridized carbons (Fsp3) is 0.185. The van der Waals surface area contributed by atoms with Gasteiger partial charge in [-0.05, 0) is 35.4 Å². The van der Waals surface area contributed by atoms with E-state index >= 15 is 0 Å². The van der Waals surface area contributed by atoms with Crippen molar-refractivity contribution in [3.05, 3.63) is 108 Å². The summed E-state index contributed by atoms with van der Waals surface area (Å²) in [4.78, 5) is 26.1. The van der Waals surface area contributed by atoms with Gasteiger partial charge < -0.3 is 15.2 Å². The minimum atomic E-state index is -0.987. The van der Waals surface area contributed by atoms with E-state index < -0.39 is 23.7 Å². The molecule has 4 rings (SSSR count). The summed E-state index contributed by atoms with van der Waals surface area (Å²) in [6.07, 6.45) is 3.91. The molecular formula is C27H25NO4. The van der Waals surface area contributed by atoms with Crippen LogP contribution >= 0.6 is 0 Å². The maximum atomic E-state index is 13.6. The van der Waals surface area contributed by atoms with Crippen molar-refractivity contribution in [2.45, 2.75) is 11.8 Å². The van der Waals surface area contributed by atoms with Gasteiger partial charge in [-0.25, -0.2) is 0 Å². The predicted molar refractivity (Wildman–Crippen MR) is 124 cm³/mol. The van der Waals surface area contributed by atoms with Crippen LogP contribution in [0.4, 0.5) is 5.69 Å². The number of amides is 1. The van der Waals surface area contributed by atoms with E-state index in [1.54, 1.807) is 31.4 Å². The van der Waals surface area contributed by atoms with Gasteiger partial charge in [-0.15, -0.1) is 0 Å². The molecule has 0 aromatic heterocycles. The first kappa shape index (κ1) is 21.4. The Hall–Kier alpha value is -3.86. The largest absolute Gasteiger partial charge is 0.497 e. The predicted octanol–water partition coefficient (Wildman–Crippen LogP) is 5.09. The summed E-state index contributed by atoms with van der Waals surface area (Å²) in [5.74, 6) is -3.08. The van der Waals surface area contributed by atoms with Gasteiger partial charge in [-0.2, -0.15) is 0 Å². The van der Waals surface area contributed by atoms with E-state index in [4.69, 9.17) is 4.74 Å². The van der Waals surface area contributed by atoms with Crippen LogP contribution in [0.25, 0.3) is 0 Å². The molecule has 0 aliphatic heterocycles. The number of carbonyl (C=O) groups excluding carboxylic acids is 1. The number of aliphatic carboxylic acids is 1. The molecule has 0 heterocycles. The van der Waals surface area contributed by atoms with E-state index in [-0.39, 0.29) is 11.8 Å². The van der Waals surface area contributed by atoms with Crippen LogP contribution in [0, 0.1) is 11.8 Å². The molecule has 162 valence electrons. The van der Waals surface area contributed by atoms with Crippen molar-refractivity contribution >= 4 is 17.6 Å². The molecule has 0 bridgehead atoms. The number of rotatable bonds is 6. The number of carbonyl (C=O) groups is 2. The molecule has 3 aromatic carbocycles. The fourth-order valence-electron chi connectivity index (χ4n) is 4.45. The molecule has 0 unspecified atom stereocenters. The fourth-order valence-corrected chi connectivity index (χ4v) is 4.45. The second kappa shape index (κ2) is 9.52. The molecule has 2 N–H and O–H groups in total. The Morgan fingerprint density at radius 3 is 1.72 bits per heavy atom. The summed E-state index contributed by atoms with van der Waals surface area (Å²) in [6, 6.07) is 26.1. The zero-order chi connectivity index (χ0) is 22.5. The molecule has 32 heavy (non-hydrogen) atoms. The third kappa shape index (κ3) is 4.42. The molecule has 1 aliphatic carbocycles. The lowest BCUT2D eigenvalue weighted by Gasteiger charge is -2.37. The highest BCUT2D eigenvalue weighted by molar-refractivity contribution is 5.96. The first-order chi connectivity index (χ1) is 15.6. The highest BCUT2D eigenvalue weighted by atomic mass is 16.5. The third-order valence-corrected chi connectivity index (χ3v) is 6.00. The van der Waals surface area contributed by atoms with Crippen LogP contribution in [-0.2, 0) is 9.59 Å². The second-order valence-electron chi connectivity index (χ2n) is 7.87. The molecular weight excluding hydrogens is 402 g/mol. The van der Waals surface area contributed by atoms with E-state index in [2.05, 4.69) is 5.32 Å². The Morgan fingerprint density at radius 1 is 0.750 bits per heavy atom. The standard InChI is InChI=1S/C27H25NO4/c1-32-21-14-12-20(13-15-21)28-26(29)24-22(18-8-4-2-5-9-18)16-17-23(25(24)27(30)31)19-10-6-3-7-11-19/h2-17,22-25H,1H3,(H,28,29)(H,30,31)/t22-,23-,24+,25+/m0/s1. The van der Waals surface area contributed by atoms with E-state index in [1.807, 2.05) is 72.8 Å². The van der Waals surface area contributed by atoms with Crippen LogP contribution in [0.1, 0.15) is 23.0 Å². The highest BCUT2D eigenvalue weighted by Crippen LogP contribution is 2.45. The lowest BCUT2D eigenvalue weighted by Crippen LogP contribution is -2.42. The Kier molecular flexibility index (Phi) is 6.36. The van der Waals surface area contributed by atoms with Gasteiger partial charge in [-0.1, -0.05) is 72.8 Å². The van der Waals surface area contributed by atoms with Crippen molar-refractivity contribution in [3.8, 4) is 5.75 Å². The third-order valence-electron chi connectivity index (χ3n) is 6.00. The number of methoxy groups -OCH3 is 1. The summed E-state index contributed by atoms with van der Waals surface area (Å²) in [5.41, 5.74) is 2.39. The number of carboxylic acid groups (broad SMARTS) is 1. The van der Waals surface area contributed by atoms with Gasteiger partial charge in [0.1, 0.15) is 5.75 Å². The van der Waals surface area contributed by atoms with Crippen LogP contribution in [0.5, 0.6) is 5.75 Å². The summed E-state index contributed by atoms with van der Waals surface area (Å²) in [5, 5.41) is 13.2. The van der Waals surface area contributed by atoms with Crippen molar-refractivity contribution in [3.63, 3.8) is 0 Å². The monoisotopic (exact) mass is 427 g/mol. The molecule has 0 spiro atoms. The summed E-state index contributed by atoms with van der Waals surface area (Å²) < 4.78 is 5.18. The van der Waals surface area contributed by atoms with E-state index in [9.17, 15) is 14.7 Å². The van der Waals surface area contributed by atoms with E-state index in [0.29, 0.717) is 11.4 Å². The minimum Gasteiger partial charge on any atom is -0.497 e. The zero-order valence-electron chi connectivity index (χ0n) is 17.7. The van der Waals surface area contributed by atoms with Crippen molar-refractivity contribution in [2.24, 2.45) is 11.8 Å². The van der Waals surface area contributed by atoms with Crippen LogP contribution in [-0.4, -0.2) is 24.1 Å². The number of anilines is 1. The van der Waals surface area contributed by atoms with Gasteiger partial charge in [0.25, 0.3) is 0 Å². The van der Waals surface area contributed by atoms with Gasteiger partial charge in [0, 0.05) is 17.5 Å². The van der Waals surface area contributed by atoms with E-state index in [0.717, 1.165) is 11.1 Å². The molecule has 3 aromatic rings. The Labute approximate surface area is 187 Å². The molecule has 5 nitrogen and oxygen atoms in total. The molecule has 0 radical (unpaired) electrons. The lowest BCUT2D eigenvalue weighted by atomic mass is 9.66. The normalized spacial score (nSPS) is 22.2. The van der Waals surface area contributed by atoms with Gasteiger partial charge in [0.05, 0.1) is 18.9 Å². The first-order valence-corrected chi connectivity index (χ1v) is 10.5. The Morgan fingerprint density at radius 2 is 1.25 bits per heavy atom. The Balaban J connectivity index is 1.74. The summed E-state index contributed by atoms with van der Waals surface area (Å²) in [6.45, 7) is 0. The lowest BCUT2D eigenvalue weighted by molar-refractivity contribution is -0.147. The molecule has 0 saturated heterocycles. The molecule has 1 aliphatic rings. The average Bonchev–Trinajstić information content (AvgIpc) is 2.84. The topological polar surface area (TPSA) is 75.6 Å². The molecule has 5 heteroatoms. The SMILES string of the molecule is COc1ccc(NC(=O)[C@H]2[C@H](C(=O)O)[C@H](c3ccccc3)C=C[C@H]2c2ccccc2)cc1. The van der Waals surface area contributed by atoms with Crippen LogP contribution in [0.3, 0.4) is 0 Å². The van der Waals surface area contributed by atoms with Crippen LogP contribution < -0.4 is 10.1 Å². The zero-order valence-corrected chi connectivity index (χ0v) is 17.7. The van der Waals surface area contributed by atoms with E-state index in [1.165, 1.54) is 0 Å². The molecule has 0 saturated carbocycles. The second-order valence-corrected chi connectivity index (χ2v) is 7.87. The maximum Gasteiger partial charge on any atom is 0.308 e. The number of nitrogens with one attached hydrogen (secondary N) is 1. The summed E-state index contributed by atoms with van der Waals surface area (Å²) in [7, 11) is 1.58.